The van der Waals surface area contributed by atoms with E-state index in [1.807, 2.05) is 54.6 Å². The third-order valence-electron chi connectivity index (χ3n) is 7.97. The third-order valence-corrected chi connectivity index (χ3v) is 8.28. The maximum atomic E-state index is 14.0. The van der Waals surface area contributed by atoms with Gasteiger partial charge >= 0.3 is 0 Å². The molecule has 1 spiro atoms. The molecule has 0 unspecified atom stereocenters. The zero-order chi connectivity index (χ0) is 22.5. The lowest BCUT2D eigenvalue weighted by atomic mass is 9.75. The average Bonchev–Trinajstić information content (AvgIpc) is 3.53. The molecule has 3 fully saturated rings. The molecule has 4 heterocycles. The van der Waals surface area contributed by atoms with Crippen molar-refractivity contribution in [1.82, 2.24) is 4.90 Å². The summed E-state index contributed by atoms with van der Waals surface area (Å²) in [5.74, 6) is -2.11. The summed E-state index contributed by atoms with van der Waals surface area (Å²) in [6, 6.07) is 18.7. The highest BCUT2D eigenvalue weighted by Crippen LogP contribution is 2.61. The smallest absolute Gasteiger partial charge is 0.250 e. The first-order valence-electron chi connectivity index (χ1n) is 11.3. The molecule has 0 aromatic heterocycles. The van der Waals surface area contributed by atoms with Crippen LogP contribution in [0.25, 0.3) is 10.8 Å². The number of nitrogens with zero attached hydrogens (tertiary/aromatic N) is 2. The van der Waals surface area contributed by atoms with Gasteiger partial charge in [-0.2, -0.15) is 0 Å². The molecule has 6 nitrogen and oxygen atoms in total. The van der Waals surface area contributed by atoms with E-state index in [0.717, 1.165) is 23.6 Å². The Bertz CT molecular complexity index is 1400. The Morgan fingerprint density at radius 3 is 2.61 bits per heavy atom. The van der Waals surface area contributed by atoms with Gasteiger partial charge in [0.05, 0.1) is 28.2 Å². The molecule has 0 aliphatic carbocycles. The Kier molecular flexibility index (Phi) is 3.75. The summed E-state index contributed by atoms with van der Waals surface area (Å²) in [5.41, 5.74) is 0.619. The van der Waals surface area contributed by atoms with Crippen LogP contribution in [0.3, 0.4) is 0 Å². The van der Waals surface area contributed by atoms with E-state index in [4.69, 9.17) is 11.6 Å². The number of nitrogens with one attached hydrogen (secondary N) is 1. The highest BCUT2D eigenvalue weighted by atomic mass is 35.5. The molecular weight excluding hydrogens is 438 g/mol. The quantitative estimate of drug-likeness (QED) is 0.562. The van der Waals surface area contributed by atoms with Crippen molar-refractivity contribution in [1.29, 1.82) is 0 Å². The number of rotatable bonds is 1. The van der Waals surface area contributed by atoms with Crippen LogP contribution in [-0.4, -0.2) is 35.2 Å². The van der Waals surface area contributed by atoms with Crippen LogP contribution in [0.5, 0.6) is 0 Å². The predicted molar refractivity (Wildman–Crippen MR) is 125 cm³/mol. The van der Waals surface area contributed by atoms with Crippen LogP contribution in [0.2, 0.25) is 5.02 Å². The van der Waals surface area contributed by atoms with Crippen LogP contribution in [0, 0.1) is 11.8 Å². The van der Waals surface area contributed by atoms with Gasteiger partial charge in [-0.3, -0.25) is 19.3 Å². The number of halogens is 1. The third kappa shape index (κ3) is 2.20. The first-order chi connectivity index (χ1) is 16.0. The van der Waals surface area contributed by atoms with E-state index in [9.17, 15) is 14.4 Å². The SMILES string of the molecule is O=C1[C@@H]2[C@@H]3CCCN3[C@]3(C(=O)Nc4c(Cl)cccc43)[C@H]2C(=O)N1c1ccc2ccccc2c1. The van der Waals surface area contributed by atoms with Crippen LogP contribution in [0.4, 0.5) is 11.4 Å². The molecule has 4 atom stereocenters. The van der Waals surface area contributed by atoms with Gasteiger partial charge in [0.15, 0.2) is 0 Å². The van der Waals surface area contributed by atoms with Crippen molar-refractivity contribution in [3.63, 3.8) is 0 Å². The zero-order valence-corrected chi connectivity index (χ0v) is 18.4. The molecule has 3 aromatic carbocycles. The molecule has 0 bridgehead atoms. The Morgan fingerprint density at radius 1 is 0.939 bits per heavy atom. The molecule has 0 saturated carbocycles. The molecular formula is C26H20ClN3O3. The molecule has 1 N–H and O–H groups in total. The fourth-order valence-corrected chi connectivity index (χ4v) is 6.99. The number of hydrogen-bond donors (Lipinski definition) is 1. The lowest BCUT2D eigenvalue weighted by Gasteiger charge is -2.36. The minimum absolute atomic E-state index is 0.146. The van der Waals surface area contributed by atoms with Gasteiger partial charge in [0.2, 0.25) is 11.8 Å². The van der Waals surface area contributed by atoms with Crippen molar-refractivity contribution < 1.29 is 14.4 Å². The number of anilines is 2. The topological polar surface area (TPSA) is 69.7 Å². The second-order valence-electron chi connectivity index (χ2n) is 9.33. The van der Waals surface area contributed by atoms with Crippen molar-refractivity contribution in [3.05, 3.63) is 71.2 Å². The van der Waals surface area contributed by atoms with E-state index >= 15 is 0 Å². The van der Waals surface area contributed by atoms with Crippen molar-refractivity contribution in [2.24, 2.45) is 11.8 Å². The highest BCUT2D eigenvalue weighted by Gasteiger charge is 2.74. The molecule has 4 aliphatic rings. The van der Waals surface area contributed by atoms with Crippen LogP contribution < -0.4 is 10.2 Å². The number of amides is 3. The molecule has 7 heteroatoms. The number of carbonyl (C=O) groups excluding carboxylic acids is 3. The molecule has 0 radical (unpaired) electrons. The van der Waals surface area contributed by atoms with Gasteiger partial charge in [-0.25, -0.2) is 4.90 Å². The molecule has 33 heavy (non-hydrogen) atoms. The predicted octanol–water partition coefficient (Wildman–Crippen LogP) is 3.92. The fourth-order valence-electron chi connectivity index (χ4n) is 6.76. The number of hydrogen-bond acceptors (Lipinski definition) is 4. The number of fused-ring (bicyclic) bond motifs is 8. The van der Waals surface area contributed by atoms with Crippen LogP contribution in [0.1, 0.15) is 18.4 Å². The summed E-state index contributed by atoms with van der Waals surface area (Å²) >= 11 is 6.43. The van der Waals surface area contributed by atoms with Gasteiger partial charge in [-0.1, -0.05) is 54.1 Å². The second-order valence-corrected chi connectivity index (χ2v) is 9.74. The Labute approximate surface area is 195 Å². The normalized spacial score (nSPS) is 30.3. The standard InChI is InChI=1S/C26H20ClN3O3/c27-18-8-3-7-17-22(18)28-25(33)26(17)21-20(19-9-4-12-29(19)26)23(31)30(24(21)32)16-11-10-14-5-1-2-6-15(14)13-16/h1-3,5-8,10-11,13,19-21H,4,9,12H2,(H,28,33)/t19-,20+,21+,26-/m0/s1. The average molecular weight is 458 g/mol. The van der Waals surface area contributed by atoms with Crippen LogP contribution >= 0.6 is 11.6 Å². The maximum absolute atomic E-state index is 14.0. The van der Waals surface area contributed by atoms with E-state index in [0.29, 0.717) is 28.5 Å². The number of benzene rings is 3. The van der Waals surface area contributed by atoms with Crippen LogP contribution in [-0.2, 0) is 19.9 Å². The first kappa shape index (κ1) is 19.3. The lowest BCUT2D eigenvalue weighted by Crippen LogP contribution is -2.54. The maximum Gasteiger partial charge on any atom is 0.250 e. The Hall–Kier alpha value is -3.22. The van der Waals surface area contributed by atoms with Crippen molar-refractivity contribution >= 4 is 51.5 Å². The second kappa shape index (κ2) is 6.43. The minimum Gasteiger partial charge on any atom is -0.323 e. The molecule has 3 amide bonds. The van der Waals surface area contributed by atoms with Gasteiger partial charge in [-0.15, -0.1) is 0 Å². The highest BCUT2D eigenvalue weighted by molar-refractivity contribution is 6.35. The molecule has 164 valence electrons. The zero-order valence-electron chi connectivity index (χ0n) is 17.6. The molecule has 7 rings (SSSR count). The summed E-state index contributed by atoms with van der Waals surface area (Å²) in [4.78, 5) is 44.9. The van der Waals surface area contributed by atoms with Crippen molar-refractivity contribution in [2.45, 2.75) is 24.4 Å². The monoisotopic (exact) mass is 457 g/mol. The summed E-state index contributed by atoms with van der Waals surface area (Å²) in [5, 5.41) is 5.39. The molecule has 4 aliphatic heterocycles. The van der Waals surface area contributed by atoms with Crippen molar-refractivity contribution in [2.75, 3.05) is 16.8 Å². The summed E-state index contributed by atoms with van der Waals surface area (Å²) in [6.45, 7) is 0.674. The Morgan fingerprint density at radius 2 is 1.76 bits per heavy atom. The number of imide groups is 1. The van der Waals surface area contributed by atoms with E-state index in [1.54, 1.807) is 6.07 Å². The first-order valence-corrected chi connectivity index (χ1v) is 11.6. The fraction of sp³-hybridized carbons (Fsp3) is 0.269. The summed E-state index contributed by atoms with van der Waals surface area (Å²) in [7, 11) is 0. The summed E-state index contributed by atoms with van der Waals surface area (Å²) < 4.78 is 0. The van der Waals surface area contributed by atoms with Crippen LogP contribution in [0.15, 0.2) is 60.7 Å². The van der Waals surface area contributed by atoms with Crippen molar-refractivity contribution in [3.8, 4) is 0 Å². The summed E-state index contributed by atoms with van der Waals surface area (Å²) in [6.07, 6.45) is 1.67. The molecule has 3 aromatic rings. The lowest BCUT2D eigenvalue weighted by molar-refractivity contribution is -0.135. The van der Waals surface area contributed by atoms with Gasteiger partial charge in [0.25, 0.3) is 5.91 Å². The van der Waals surface area contributed by atoms with E-state index in [1.165, 1.54) is 4.90 Å². The largest absolute Gasteiger partial charge is 0.323 e. The van der Waals surface area contributed by atoms with Gasteiger partial charge in [-0.05, 0) is 48.4 Å². The van der Waals surface area contributed by atoms with Gasteiger partial charge in [0, 0.05) is 11.6 Å². The Balaban J connectivity index is 1.42. The van der Waals surface area contributed by atoms with Gasteiger partial charge in [0.1, 0.15) is 5.54 Å². The van der Waals surface area contributed by atoms with Gasteiger partial charge < -0.3 is 5.32 Å². The minimum atomic E-state index is -1.20. The van der Waals surface area contributed by atoms with E-state index in [-0.39, 0.29) is 23.8 Å². The number of carbonyl (C=O) groups is 3. The molecule has 3 saturated heterocycles. The number of para-hydroxylation sites is 1. The van der Waals surface area contributed by atoms with E-state index in [2.05, 4.69) is 10.2 Å². The van der Waals surface area contributed by atoms with E-state index < -0.39 is 17.4 Å².